The van der Waals surface area contributed by atoms with Crippen molar-refractivity contribution in [3.63, 3.8) is 0 Å². The molecule has 0 atom stereocenters. The van der Waals surface area contributed by atoms with E-state index in [9.17, 15) is 4.79 Å². The van der Waals surface area contributed by atoms with Crippen molar-refractivity contribution < 1.29 is 4.79 Å². The van der Waals surface area contributed by atoms with Crippen molar-refractivity contribution in [2.24, 2.45) is 0 Å². The number of nitrogens with one attached hydrogen (secondary N) is 1. The normalized spacial score (nSPS) is 11.0. The third-order valence-electron chi connectivity index (χ3n) is 3.34. The summed E-state index contributed by atoms with van der Waals surface area (Å²) in [7, 11) is 0. The van der Waals surface area contributed by atoms with Crippen molar-refractivity contribution in [1.82, 2.24) is 19.8 Å². The van der Waals surface area contributed by atoms with Crippen molar-refractivity contribution in [2.45, 2.75) is 6.92 Å². The number of anilines is 1. The van der Waals surface area contributed by atoms with Crippen LogP contribution in [0.1, 0.15) is 15.9 Å². The van der Waals surface area contributed by atoms with Crippen LogP contribution in [0.4, 0.5) is 5.13 Å². The van der Waals surface area contributed by atoms with Gasteiger partial charge < -0.3 is 0 Å². The SMILES string of the molecule is Cc1ccccc1C(=O)Nc1nn2c(-c3cccs3)nnc2s1. The van der Waals surface area contributed by atoms with Gasteiger partial charge in [-0.1, -0.05) is 35.6 Å². The van der Waals surface area contributed by atoms with Gasteiger partial charge in [0.25, 0.3) is 5.91 Å². The van der Waals surface area contributed by atoms with Gasteiger partial charge in [-0.15, -0.1) is 26.6 Å². The Morgan fingerprint density at radius 1 is 1.17 bits per heavy atom. The first-order valence-electron chi connectivity index (χ1n) is 6.85. The molecule has 0 fully saturated rings. The highest BCUT2D eigenvalue weighted by molar-refractivity contribution is 7.20. The zero-order chi connectivity index (χ0) is 15.8. The van der Waals surface area contributed by atoms with E-state index in [0.717, 1.165) is 10.4 Å². The molecule has 23 heavy (non-hydrogen) atoms. The fraction of sp³-hybridized carbons (Fsp3) is 0.0667. The van der Waals surface area contributed by atoms with E-state index in [0.29, 0.717) is 21.5 Å². The van der Waals surface area contributed by atoms with Gasteiger partial charge in [0, 0.05) is 5.56 Å². The van der Waals surface area contributed by atoms with E-state index in [1.54, 1.807) is 21.9 Å². The van der Waals surface area contributed by atoms with E-state index in [-0.39, 0.29) is 5.91 Å². The van der Waals surface area contributed by atoms with E-state index in [2.05, 4.69) is 20.6 Å². The molecule has 1 N–H and O–H groups in total. The summed E-state index contributed by atoms with van der Waals surface area (Å²) >= 11 is 2.87. The summed E-state index contributed by atoms with van der Waals surface area (Å²) in [4.78, 5) is 14.0. The second kappa shape index (κ2) is 5.56. The monoisotopic (exact) mass is 341 g/mol. The van der Waals surface area contributed by atoms with Crippen LogP contribution >= 0.6 is 22.7 Å². The van der Waals surface area contributed by atoms with Crippen LogP contribution in [-0.2, 0) is 0 Å². The number of rotatable bonds is 3. The number of aryl methyl sites for hydroxylation is 1. The van der Waals surface area contributed by atoms with Crippen molar-refractivity contribution in [3.05, 3.63) is 52.9 Å². The van der Waals surface area contributed by atoms with Gasteiger partial charge in [-0.2, -0.15) is 4.52 Å². The van der Waals surface area contributed by atoms with Gasteiger partial charge in [0.15, 0.2) is 5.82 Å². The predicted octanol–water partition coefficient (Wildman–Crippen LogP) is 3.48. The highest BCUT2D eigenvalue weighted by Gasteiger charge is 2.16. The lowest BCUT2D eigenvalue weighted by molar-refractivity contribution is 0.102. The van der Waals surface area contributed by atoms with Crippen LogP contribution in [0.5, 0.6) is 0 Å². The lowest BCUT2D eigenvalue weighted by Crippen LogP contribution is -2.13. The van der Waals surface area contributed by atoms with Crippen LogP contribution in [0.3, 0.4) is 0 Å². The van der Waals surface area contributed by atoms with Crippen LogP contribution in [0.25, 0.3) is 15.7 Å². The standard InChI is InChI=1S/C15H11N5OS2/c1-9-5-2-3-6-10(9)13(21)16-14-19-20-12(11-7-4-8-22-11)17-18-15(20)23-14/h2-8H,1H3,(H,16,19,21). The largest absolute Gasteiger partial charge is 0.296 e. The van der Waals surface area contributed by atoms with Gasteiger partial charge in [-0.3, -0.25) is 10.1 Å². The van der Waals surface area contributed by atoms with E-state index >= 15 is 0 Å². The number of carbonyl (C=O) groups is 1. The van der Waals surface area contributed by atoms with Crippen LogP contribution in [0.2, 0.25) is 0 Å². The van der Waals surface area contributed by atoms with Crippen molar-refractivity contribution in [1.29, 1.82) is 0 Å². The van der Waals surface area contributed by atoms with E-state index in [1.165, 1.54) is 11.3 Å². The third kappa shape index (κ3) is 2.51. The molecule has 1 amide bonds. The first-order chi connectivity index (χ1) is 11.2. The van der Waals surface area contributed by atoms with Gasteiger partial charge in [0.2, 0.25) is 10.1 Å². The molecule has 4 aromatic rings. The number of fused-ring (bicyclic) bond motifs is 1. The smallest absolute Gasteiger partial charge is 0.257 e. The molecule has 0 spiro atoms. The highest BCUT2D eigenvalue weighted by Crippen LogP contribution is 2.27. The molecule has 0 unspecified atom stereocenters. The van der Waals surface area contributed by atoms with Crippen molar-refractivity contribution in [3.8, 4) is 10.7 Å². The molecule has 0 radical (unpaired) electrons. The Bertz CT molecular complexity index is 987. The van der Waals surface area contributed by atoms with Crippen LogP contribution in [0.15, 0.2) is 41.8 Å². The average molecular weight is 341 g/mol. The summed E-state index contributed by atoms with van der Waals surface area (Å²) in [6.45, 7) is 1.91. The molecule has 0 saturated heterocycles. The molecule has 3 heterocycles. The maximum atomic E-state index is 12.4. The van der Waals surface area contributed by atoms with E-state index in [4.69, 9.17) is 0 Å². The van der Waals surface area contributed by atoms with Crippen LogP contribution in [-0.4, -0.2) is 25.7 Å². The first-order valence-corrected chi connectivity index (χ1v) is 8.55. The third-order valence-corrected chi connectivity index (χ3v) is 5.02. The number of hydrogen-bond acceptors (Lipinski definition) is 6. The molecule has 8 heteroatoms. The average Bonchev–Trinajstić information content (AvgIpc) is 3.23. The van der Waals surface area contributed by atoms with Gasteiger partial charge >= 0.3 is 0 Å². The molecule has 0 aliphatic carbocycles. The molecule has 3 aromatic heterocycles. The summed E-state index contributed by atoms with van der Waals surface area (Å²) < 4.78 is 1.66. The molecule has 1 aromatic carbocycles. The minimum absolute atomic E-state index is 0.175. The molecular formula is C15H11N5OS2. The Morgan fingerprint density at radius 2 is 2.04 bits per heavy atom. The number of carbonyl (C=O) groups excluding carboxylic acids is 1. The number of aromatic nitrogens is 4. The maximum Gasteiger partial charge on any atom is 0.257 e. The second-order valence-corrected chi connectivity index (χ2v) is 6.78. The Morgan fingerprint density at radius 3 is 2.83 bits per heavy atom. The number of nitrogens with zero attached hydrogens (tertiary/aromatic N) is 4. The molecule has 0 aliphatic heterocycles. The highest BCUT2D eigenvalue weighted by atomic mass is 32.1. The van der Waals surface area contributed by atoms with Crippen LogP contribution in [0, 0.1) is 6.92 Å². The molecule has 0 aliphatic rings. The van der Waals surface area contributed by atoms with Crippen molar-refractivity contribution in [2.75, 3.05) is 5.32 Å². The molecule has 6 nitrogen and oxygen atoms in total. The summed E-state index contributed by atoms with van der Waals surface area (Å²) in [5.41, 5.74) is 1.56. The number of benzene rings is 1. The minimum Gasteiger partial charge on any atom is -0.296 e. The zero-order valence-corrected chi connectivity index (χ0v) is 13.7. The van der Waals surface area contributed by atoms with Gasteiger partial charge in [0.05, 0.1) is 4.88 Å². The number of amides is 1. The second-order valence-electron chi connectivity index (χ2n) is 4.87. The van der Waals surface area contributed by atoms with Gasteiger partial charge in [-0.05, 0) is 30.0 Å². The van der Waals surface area contributed by atoms with E-state index < -0.39 is 0 Å². The minimum atomic E-state index is -0.175. The lowest BCUT2D eigenvalue weighted by atomic mass is 10.1. The van der Waals surface area contributed by atoms with Crippen LogP contribution < -0.4 is 5.32 Å². The Balaban J connectivity index is 1.66. The number of thiophene rings is 1. The summed E-state index contributed by atoms with van der Waals surface area (Å²) in [6.07, 6.45) is 0. The Hall–Kier alpha value is -2.58. The van der Waals surface area contributed by atoms with E-state index in [1.807, 2.05) is 42.6 Å². The molecule has 4 rings (SSSR count). The molecule has 0 bridgehead atoms. The van der Waals surface area contributed by atoms with Gasteiger partial charge in [0.1, 0.15) is 0 Å². The topological polar surface area (TPSA) is 72.2 Å². The molecular weight excluding hydrogens is 330 g/mol. The Labute approximate surface area is 139 Å². The molecule has 114 valence electrons. The predicted molar refractivity (Wildman–Crippen MR) is 91.1 cm³/mol. The lowest BCUT2D eigenvalue weighted by Gasteiger charge is -2.04. The maximum absolute atomic E-state index is 12.4. The summed E-state index contributed by atoms with van der Waals surface area (Å²) in [5, 5.41) is 18.0. The fourth-order valence-electron chi connectivity index (χ4n) is 2.22. The summed E-state index contributed by atoms with van der Waals surface area (Å²) in [5.74, 6) is 0.508. The fourth-order valence-corrected chi connectivity index (χ4v) is 3.65. The quantitative estimate of drug-likeness (QED) is 0.619. The molecule has 0 saturated carbocycles. The first kappa shape index (κ1) is 14.0. The number of hydrogen-bond donors (Lipinski definition) is 1. The van der Waals surface area contributed by atoms with Gasteiger partial charge in [-0.25, -0.2) is 0 Å². The summed E-state index contributed by atoms with van der Waals surface area (Å²) in [6, 6.07) is 11.4. The van der Waals surface area contributed by atoms with Crippen molar-refractivity contribution >= 4 is 38.7 Å². The zero-order valence-electron chi connectivity index (χ0n) is 12.1. The Kier molecular flexibility index (Phi) is 3.40.